The highest BCUT2D eigenvalue weighted by atomic mass is 32.1. The van der Waals surface area contributed by atoms with Crippen molar-refractivity contribution in [3.63, 3.8) is 0 Å². The topological polar surface area (TPSA) is 48.5 Å². The summed E-state index contributed by atoms with van der Waals surface area (Å²) in [6.07, 6.45) is 2.22. The molecule has 1 saturated heterocycles. The fourth-order valence-electron chi connectivity index (χ4n) is 2.00. The Kier molecular flexibility index (Phi) is 3.22. The minimum Gasteiger partial charge on any atom is -0.348 e. The van der Waals surface area contributed by atoms with Crippen molar-refractivity contribution >= 4 is 22.4 Å². The Morgan fingerprint density at radius 2 is 2.11 bits per heavy atom. The first-order valence-electron chi connectivity index (χ1n) is 6.42. The fraction of sp³-hybridized carbons (Fsp3) is 0.667. The van der Waals surface area contributed by atoms with Crippen LogP contribution >= 0.6 is 11.3 Å². The zero-order chi connectivity index (χ0) is 12.5. The fourth-order valence-corrected chi connectivity index (χ4v) is 2.86. The summed E-state index contributed by atoms with van der Waals surface area (Å²) in [7, 11) is 2.13. The van der Waals surface area contributed by atoms with Crippen LogP contribution in [0.15, 0.2) is 5.38 Å². The number of anilines is 1. The highest BCUT2D eigenvalue weighted by Crippen LogP contribution is 2.23. The number of amides is 1. The molecular formula is C12H18N4OS. The molecule has 0 atom stereocenters. The number of nitrogens with zero attached hydrogens (tertiary/aromatic N) is 3. The van der Waals surface area contributed by atoms with Gasteiger partial charge in [-0.3, -0.25) is 4.79 Å². The standard InChI is InChI=1S/C12H18N4OS/c1-15-4-6-16(7-5-15)12-14-10(8-18-12)11(17)13-9-2-3-9/h8-9H,2-7H2,1H3,(H,13,17). The normalized spacial score (nSPS) is 21.1. The van der Waals surface area contributed by atoms with Gasteiger partial charge in [0.25, 0.3) is 5.91 Å². The first kappa shape index (κ1) is 11.9. The van der Waals surface area contributed by atoms with E-state index >= 15 is 0 Å². The maximum atomic E-state index is 11.8. The lowest BCUT2D eigenvalue weighted by Crippen LogP contribution is -2.44. The van der Waals surface area contributed by atoms with Crippen LogP contribution in [0.3, 0.4) is 0 Å². The Balaban J connectivity index is 1.63. The van der Waals surface area contributed by atoms with E-state index in [1.54, 1.807) is 11.3 Å². The smallest absolute Gasteiger partial charge is 0.271 e. The lowest BCUT2D eigenvalue weighted by Gasteiger charge is -2.32. The summed E-state index contributed by atoms with van der Waals surface area (Å²) in [5, 5.41) is 5.81. The molecule has 3 rings (SSSR count). The van der Waals surface area contributed by atoms with Crippen molar-refractivity contribution < 1.29 is 4.79 Å². The Hall–Kier alpha value is -1.14. The van der Waals surface area contributed by atoms with Gasteiger partial charge in [-0.05, 0) is 19.9 Å². The van der Waals surface area contributed by atoms with Gasteiger partial charge in [-0.25, -0.2) is 4.98 Å². The van der Waals surface area contributed by atoms with Gasteiger partial charge in [0, 0.05) is 37.6 Å². The minimum absolute atomic E-state index is 0.0193. The summed E-state index contributed by atoms with van der Waals surface area (Å²) >= 11 is 1.57. The highest BCUT2D eigenvalue weighted by Gasteiger charge is 2.25. The SMILES string of the molecule is CN1CCN(c2nc(C(=O)NC3CC3)cs2)CC1. The van der Waals surface area contributed by atoms with Gasteiger partial charge in [-0.2, -0.15) is 0 Å². The Morgan fingerprint density at radius 1 is 1.39 bits per heavy atom. The number of likely N-dealkylation sites (N-methyl/N-ethyl adjacent to an activating group) is 1. The van der Waals surface area contributed by atoms with Crippen LogP contribution in [0, 0.1) is 0 Å². The van der Waals surface area contributed by atoms with E-state index in [2.05, 4.69) is 27.1 Å². The third kappa shape index (κ3) is 2.64. The largest absolute Gasteiger partial charge is 0.348 e. The molecule has 0 aromatic carbocycles. The lowest BCUT2D eigenvalue weighted by atomic mass is 10.3. The van der Waals surface area contributed by atoms with Crippen LogP contribution in [0.2, 0.25) is 0 Å². The molecule has 0 spiro atoms. The molecule has 5 nitrogen and oxygen atoms in total. The molecule has 2 heterocycles. The third-order valence-corrected chi connectivity index (χ3v) is 4.31. The summed E-state index contributed by atoms with van der Waals surface area (Å²) in [6, 6.07) is 0.395. The number of piperazine rings is 1. The molecule has 1 saturated carbocycles. The van der Waals surface area contributed by atoms with Gasteiger partial charge < -0.3 is 15.1 Å². The van der Waals surface area contributed by atoms with Crippen molar-refractivity contribution in [1.82, 2.24) is 15.2 Å². The van der Waals surface area contributed by atoms with E-state index in [0.717, 1.165) is 44.2 Å². The molecule has 0 bridgehead atoms. The number of hydrogen-bond acceptors (Lipinski definition) is 5. The number of carbonyl (C=O) groups excluding carboxylic acids is 1. The molecule has 1 N–H and O–H groups in total. The van der Waals surface area contributed by atoms with Crippen LogP contribution in [-0.2, 0) is 0 Å². The zero-order valence-corrected chi connectivity index (χ0v) is 11.4. The lowest BCUT2D eigenvalue weighted by molar-refractivity contribution is 0.0947. The predicted molar refractivity (Wildman–Crippen MR) is 72.3 cm³/mol. The van der Waals surface area contributed by atoms with Crippen molar-refractivity contribution in [3.05, 3.63) is 11.1 Å². The molecule has 1 amide bonds. The summed E-state index contributed by atoms with van der Waals surface area (Å²) in [4.78, 5) is 20.9. The van der Waals surface area contributed by atoms with Crippen LogP contribution in [0.4, 0.5) is 5.13 Å². The number of hydrogen-bond donors (Lipinski definition) is 1. The predicted octanol–water partition coefficient (Wildman–Crippen LogP) is 0.787. The van der Waals surface area contributed by atoms with Gasteiger partial charge in [-0.15, -0.1) is 11.3 Å². The van der Waals surface area contributed by atoms with E-state index in [9.17, 15) is 4.79 Å². The molecule has 2 aliphatic rings. The molecule has 0 unspecified atom stereocenters. The highest BCUT2D eigenvalue weighted by molar-refractivity contribution is 7.13. The number of aromatic nitrogens is 1. The van der Waals surface area contributed by atoms with Gasteiger partial charge in [-0.1, -0.05) is 0 Å². The summed E-state index contributed by atoms with van der Waals surface area (Å²) < 4.78 is 0. The van der Waals surface area contributed by atoms with Crippen LogP contribution in [0.5, 0.6) is 0 Å². The van der Waals surface area contributed by atoms with Crippen LogP contribution in [0.25, 0.3) is 0 Å². The first-order chi connectivity index (χ1) is 8.72. The molecule has 18 heavy (non-hydrogen) atoms. The maximum Gasteiger partial charge on any atom is 0.271 e. The second-order valence-corrected chi connectivity index (χ2v) is 5.89. The summed E-state index contributed by atoms with van der Waals surface area (Å²) in [6.45, 7) is 4.10. The van der Waals surface area contributed by atoms with Gasteiger partial charge in [0.2, 0.25) is 0 Å². The van der Waals surface area contributed by atoms with Gasteiger partial charge in [0.1, 0.15) is 5.69 Å². The Bertz CT molecular complexity index is 435. The number of nitrogens with one attached hydrogen (secondary N) is 1. The van der Waals surface area contributed by atoms with E-state index < -0.39 is 0 Å². The molecular weight excluding hydrogens is 248 g/mol. The van der Waals surface area contributed by atoms with Gasteiger partial charge in [0.05, 0.1) is 0 Å². The third-order valence-electron chi connectivity index (χ3n) is 3.41. The van der Waals surface area contributed by atoms with Crippen LogP contribution in [-0.4, -0.2) is 55.1 Å². The average molecular weight is 266 g/mol. The molecule has 1 aromatic heterocycles. The van der Waals surface area contributed by atoms with Gasteiger partial charge >= 0.3 is 0 Å². The molecule has 98 valence electrons. The van der Waals surface area contributed by atoms with Crippen molar-refractivity contribution in [1.29, 1.82) is 0 Å². The van der Waals surface area contributed by atoms with E-state index in [4.69, 9.17) is 0 Å². The quantitative estimate of drug-likeness (QED) is 0.878. The van der Waals surface area contributed by atoms with E-state index in [1.165, 1.54) is 0 Å². The number of rotatable bonds is 3. The van der Waals surface area contributed by atoms with Crippen molar-refractivity contribution in [2.24, 2.45) is 0 Å². The minimum atomic E-state index is -0.0193. The van der Waals surface area contributed by atoms with Crippen molar-refractivity contribution in [3.8, 4) is 0 Å². The van der Waals surface area contributed by atoms with Crippen LogP contribution < -0.4 is 10.2 Å². The first-order valence-corrected chi connectivity index (χ1v) is 7.30. The molecule has 2 fully saturated rings. The van der Waals surface area contributed by atoms with Crippen molar-refractivity contribution in [2.75, 3.05) is 38.1 Å². The number of thiazole rings is 1. The van der Waals surface area contributed by atoms with E-state index in [0.29, 0.717) is 11.7 Å². The van der Waals surface area contributed by atoms with Gasteiger partial charge in [0.15, 0.2) is 5.13 Å². The average Bonchev–Trinajstić information content (AvgIpc) is 3.04. The molecule has 1 aliphatic carbocycles. The number of carbonyl (C=O) groups is 1. The second-order valence-electron chi connectivity index (χ2n) is 5.05. The van der Waals surface area contributed by atoms with Crippen LogP contribution in [0.1, 0.15) is 23.3 Å². The van der Waals surface area contributed by atoms with E-state index in [1.807, 2.05) is 5.38 Å². The Labute approximate surface area is 111 Å². The molecule has 0 radical (unpaired) electrons. The second kappa shape index (κ2) is 4.85. The summed E-state index contributed by atoms with van der Waals surface area (Å²) in [5.41, 5.74) is 0.570. The molecule has 1 aliphatic heterocycles. The van der Waals surface area contributed by atoms with Crippen molar-refractivity contribution in [2.45, 2.75) is 18.9 Å². The molecule has 6 heteroatoms. The maximum absolute atomic E-state index is 11.8. The zero-order valence-electron chi connectivity index (χ0n) is 10.6. The monoisotopic (exact) mass is 266 g/mol. The Morgan fingerprint density at radius 3 is 2.78 bits per heavy atom. The van der Waals surface area contributed by atoms with E-state index in [-0.39, 0.29) is 5.91 Å². The summed E-state index contributed by atoms with van der Waals surface area (Å²) in [5.74, 6) is -0.0193. The molecule has 1 aromatic rings.